The first-order valence-corrected chi connectivity index (χ1v) is 11.8. The van der Waals surface area contributed by atoms with Crippen LogP contribution < -0.4 is 0 Å². The lowest BCUT2D eigenvalue weighted by Crippen LogP contribution is -2.16. The molecular formula is C22H26O4Si. The second-order valence-electron chi connectivity index (χ2n) is 5.99. The summed E-state index contributed by atoms with van der Waals surface area (Å²) in [6.07, 6.45) is 13.4. The molecule has 0 spiro atoms. The largest absolute Gasteiger partial charge is 0.478 e. The van der Waals surface area contributed by atoms with E-state index in [1.54, 1.807) is 12.2 Å². The number of methoxy groups -OCH3 is 1. The van der Waals surface area contributed by atoms with Crippen LogP contribution in [-0.2, 0) is 14.3 Å². The first-order chi connectivity index (χ1) is 12.7. The van der Waals surface area contributed by atoms with Gasteiger partial charge in [-0.3, -0.25) is 0 Å². The van der Waals surface area contributed by atoms with Gasteiger partial charge >= 0.3 is 11.9 Å². The molecule has 27 heavy (non-hydrogen) atoms. The molecule has 4 nitrogen and oxygen atoms in total. The summed E-state index contributed by atoms with van der Waals surface area (Å²) in [4.78, 5) is 20.6. The van der Waals surface area contributed by atoms with E-state index >= 15 is 0 Å². The molecule has 0 saturated heterocycles. The minimum Gasteiger partial charge on any atom is -0.478 e. The summed E-state index contributed by atoms with van der Waals surface area (Å²) in [5.74, 6) is 14.6. The van der Waals surface area contributed by atoms with Crippen LogP contribution in [0.1, 0.15) is 25.7 Å². The monoisotopic (exact) mass is 382 g/mol. The number of allylic oxidation sites excluding steroid dienone is 2. The fourth-order valence-corrected chi connectivity index (χ4v) is 1.62. The molecule has 0 aliphatic rings. The molecule has 0 fully saturated rings. The average molecular weight is 383 g/mol. The molecule has 0 unspecified atom stereocenters. The van der Waals surface area contributed by atoms with Gasteiger partial charge in [0.2, 0.25) is 0 Å². The Morgan fingerprint density at radius 3 is 2.04 bits per heavy atom. The van der Waals surface area contributed by atoms with E-state index < -0.39 is 14.0 Å². The SMILES string of the molecule is C#CC#CCC/C=C\C(=O)O.COC(=O)/C=C\CCC#CC#C[Si](C)(C)C. The zero-order chi connectivity index (χ0) is 21.0. The molecule has 0 aliphatic heterocycles. The van der Waals surface area contributed by atoms with E-state index in [1.165, 1.54) is 13.2 Å². The van der Waals surface area contributed by atoms with Gasteiger partial charge in [-0.25, -0.2) is 9.59 Å². The molecule has 0 rings (SSSR count). The Morgan fingerprint density at radius 2 is 1.56 bits per heavy atom. The van der Waals surface area contributed by atoms with Crippen LogP contribution in [0.25, 0.3) is 0 Å². The van der Waals surface area contributed by atoms with E-state index in [2.05, 4.69) is 65.4 Å². The first-order valence-electron chi connectivity index (χ1n) is 8.30. The van der Waals surface area contributed by atoms with Crippen LogP contribution in [0.3, 0.4) is 0 Å². The van der Waals surface area contributed by atoms with E-state index in [1.807, 2.05) is 0 Å². The van der Waals surface area contributed by atoms with Crippen LogP contribution in [0.15, 0.2) is 24.3 Å². The molecule has 5 heteroatoms. The molecule has 0 aromatic carbocycles. The van der Waals surface area contributed by atoms with Crippen molar-refractivity contribution in [1.29, 1.82) is 0 Å². The minimum atomic E-state index is -1.29. The van der Waals surface area contributed by atoms with Gasteiger partial charge in [-0.1, -0.05) is 43.6 Å². The molecule has 142 valence electrons. The summed E-state index contributed by atoms with van der Waals surface area (Å²) in [7, 11) is 0.0684. The molecule has 0 aliphatic carbocycles. The summed E-state index contributed by atoms with van der Waals surface area (Å²) < 4.78 is 4.45. The Hall–Kier alpha value is -3.12. The second-order valence-corrected chi connectivity index (χ2v) is 10.7. The van der Waals surface area contributed by atoms with Gasteiger partial charge in [-0.15, -0.1) is 12.0 Å². The van der Waals surface area contributed by atoms with Crippen molar-refractivity contribution in [2.75, 3.05) is 7.11 Å². The van der Waals surface area contributed by atoms with Gasteiger partial charge in [-0.2, -0.15) is 0 Å². The highest BCUT2D eigenvalue weighted by molar-refractivity contribution is 6.83. The van der Waals surface area contributed by atoms with Gasteiger partial charge in [0.1, 0.15) is 8.07 Å². The van der Waals surface area contributed by atoms with Crippen LogP contribution in [0, 0.1) is 47.5 Å². The van der Waals surface area contributed by atoms with Gasteiger partial charge in [0.25, 0.3) is 0 Å². The maximum Gasteiger partial charge on any atom is 0.330 e. The van der Waals surface area contributed by atoms with E-state index in [0.29, 0.717) is 19.3 Å². The highest BCUT2D eigenvalue weighted by atomic mass is 28.3. The van der Waals surface area contributed by atoms with Crippen molar-refractivity contribution in [2.45, 2.75) is 45.3 Å². The highest BCUT2D eigenvalue weighted by Gasteiger charge is 2.06. The fraction of sp³-hybridized carbons (Fsp3) is 0.364. The van der Waals surface area contributed by atoms with Gasteiger partial charge in [-0.05, 0) is 36.5 Å². The van der Waals surface area contributed by atoms with Crippen molar-refractivity contribution in [2.24, 2.45) is 0 Å². The van der Waals surface area contributed by atoms with Crippen molar-refractivity contribution in [3.63, 3.8) is 0 Å². The molecule has 0 aromatic rings. The van der Waals surface area contributed by atoms with Crippen molar-refractivity contribution in [3.8, 4) is 47.5 Å². The number of carbonyl (C=O) groups is 2. The third-order valence-electron chi connectivity index (χ3n) is 2.34. The topological polar surface area (TPSA) is 63.6 Å². The quantitative estimate of drug-likeness (QED) is 0.251. The number of esters is 1. The van der Waals surface area contributed by atoms with E-state index in [4.69, 9.17) is 11.5 Å². The normalized spacial score (nSPS) is 9.30. The van der Waals surface area contributed by atoms with Crippen LogP contribution in [0.2, 0.25) is 19.6 Å². The fourth-order valence-electron chi connectivity index (χ4n) is 1.18. The predicted octanol–water partition coefficient (Wildman–Crippen LogP) is 3.42. The zero-order valence-electron chi connectivity index (χ0n) is 16.4. The zero-order valence-corrected chi connectivity index (χ0v) is 17.4. The standard InChI is InChI=1S/C13H18O2Si.C9H8O2/c1-15-13(14)11-9-7-5-6-8-10-12-16(2,3)4;1-2-3-4-5-6-7-8-9(10)11/h9,11H,5,7H2,1-4H3;1,7-8H,5-6H2,(H,10,11)/b11-9-;8-7-. The summed E-state index contributed by atoms with van der Waals surface area (Å²) in [5, 5.41) is 8.16. The summed E-state index contributed by atoms with van der Waals surface area (Å²) in [6, 6.07) is 0. The van der Waals surface area contributed by atoms with Crippen molar-refractivity contribution < 1.29 is 19.4 Å². The number of aliphatic carboxylic acids is 1. The molecular weight excluding hydrogens is 356 g/mol. The van der Waals surface area contributed by atoms with E-state index in [0.717, 1.165) is 12.5 Å². The van der Waals surface area contributed by atoms with E-state index in [-0.39, 0.29) is 5.97 Å². The Kier molecular flexibility index (Phi) is 17.1. The Balaban J connectivity index is 0. The number of carboxylic acid groups (broad SMARTS) is 1. The number of hydrogen-bond donors (Lipinski definition) is 1. The molecule has 0 atom stereocenters. The highest BCUT2D eigenvalue weighted by Crippen LogP contribution is 1.95. The summed E-state index contributed by atoms with van der Waals surface area (Å²) >= 11 is 0. The number of terminal acetylenes is 1. The van der Waals surface area contributed by atoms with Crippen molar-refractivity contribution in [3.05, 3.63) is 24.3 Å². The molecule has 0 aromatic heterocycles. The van der Waals surface area contributed by atoms with E-state index in [9.17, 15) is 9.59 Å². The third-order valence-corrected chi connectivity index (χ3v) is 3.21. The summed E-state index contributed by atoms with van der Waals surface area (Å²) in [6.45, 7) is 6.54. The van der Waals surface area contributed by atoms with Gasteiger partial charge in [0.15, 0.2) is 0 Å². The molecule has 1 N–H and O–H groups in total. The maximum atomic E-state index is 10.7. The number of ether oxygens (including phenoxy) is 1. The Morgan fingerprint density at radius 1 is 1.00 bits per heavy atom. The van der Waals surface area contributed by atoms with Crippen LogP contribution in [0.4, 0.5) is 0 Å². The molecule has 0 radical (unpaired) electrons. The lowest BCUT2D eigenvalue weighted by atomic mass is 10.3. The smallest absolute Gasteiger partial charge is 0.330 e. The van der Waals surface area contributed by atoms with Crippen LogP contribution in [-0.4, -0.2) is 32.2 Å². The number of unbranched alkanes of at least 4 members (excludes halogenated alkanes) is 2. The first kappa shape index (κ1) is 26.1. The second kappa shape index (κ2) is 17.7. The van der Waals surface area contributed by atoms with Gasteiger partial charge < -0.3 is 9.84 Å². The van der Waals surface area contributed by atoms with Gasteiger partial charge in [0, 0.05) is 25.0 Å². The maximum absolute atomic E-state index is 10.7. The molecule has 0 amide bonds. The lowest BCUT2D eigenvalue weighted by molar-refractivity contribution is -0.135. The van der Waals surface area contributed by atoms with Crippen molar-refractivity contribution in [1.82, 2.24) is 0 Å². The Labute approximate surface area is 164 Å². The molecule has 0 saturated carbocycles. The molecule has 0 bridgehead atoms. The van der Waals surface area contributed by atoms with Crippen molar-refractivity contribution >= 4 is 20.0 Å². The lowest BCUT2D eigenvalue weighted by Gasteiger charge is -2.01. The van der Waals surface area contributed by atoms with Crippen LogP contribution in [0.5, 0.6) is 0 Å². The minimum absolute atomic E-state index is 0.327. The third kappa shape index (κ3) is 28.0. The molecule has 0 heterocycles. The Bertz CT molecular complexity index is 742. The van der Waals surface area contributed by atoms with Gasteiger partial charge in [0.05, 0.1) is 7.11 Å². The average Bonchev–Trinajstić information content (AvgIpc) is 2.59. The number of carboxylic acids is 1. The summed E-state index contributed by atoms with van der Waals surface area (Å²) in [5.41, 5.74) is 3.16. The number of hydrogen-bond acceptors (Lipinski definition) is 3. The predicted molar refractivity (Wildman–Crippen MR) is 112 cm³/mol. The number of carbonyl (C=O) groups excluding carboxylic acids is 1. The number of rotatable bonds is 6. The van der Waals surface area contributed by atoms with Crippen LogP contribution >= 0.6 is 0 Å².